The number of hydrogen-bond donors (Lipinski definition) is 1. The molecule has 0 aliphatic carbocycles. The third-order valence-corrected chi connectivity index (χ3v) is 2.42. The van der Waals surface area contributed by atoms with Gasteiger partial charge in [-0.25, -0.2) is 0 Å². The van der Waals surface area contributed by atoms with Gasteiger partial charge in [-0.1, -0.05) is 19.0 Å². The molecular weight excluding hydrogens is 261 g/mol. The number of halogens is 3. The summed E-state index contributed by atoms with van der Waals surface area (Å²) in [5, 5.41) is 12.1. The SMILES string of the molecule is CC(C)/C(=N\O)N(C)c1ccc(OC(F)(F)F)cc1. The summed E-state index contributed by atoms with van der Waals surface area (Å²) in [4.78, 5) is 1.59. The van der Waals surface area contributed by atoms with Gasteiger partial charge >= 0.3 is 6.36 Å². The molecule has 0 atom stereocenters. The van der Waals surface area contributed by atoms with Crippen LogP contribution in [0.5, 0.6) is 5.75 Å². The van der Waals surface area contributed by atoms with Crippen LogP contribution in [0.1, 0.15) is 13.8 Å². The number of oxime groups is 1. The fourth-order valence-corrected chi connectivity index (χ4v) is 1.57. The first-order valence-corrected chi connectivity index (χ1v) is 5.56. The zero-order valence-corrected chi connectivity index (χ0v) is 10.8. The molecule has 0 saturated heterocycles. The van der Waals surface area contributed by atoms with Crippen LogP contribution in [0.2, 0.25) is 0 Å². The van der Waals surface area contributed by atoms with Crippen molar-refractivity contribution in [2.75, 3.05) is 11.9 Å². The van der Waals surface area contributed by atoms with Gasteiger partial charge in [0, 0.05) is 18.7 Å². The average molecular weight is 276 g/mol. The zero-order chi connectivity index (χ0) is 14.6. The van der Waals surface area contributed by atoms with Crippen LogP contribution in [0, 0.1) is 5.92 Å². The molecule has 4 nitrogen and oxygen atoms in total. The highest BCUT2D eigenvalue weighted by Crippen LogP contribution is 2.25. The molecule has 0 radical (unpaired) electrons. The summed E-state index contributed by atoms with van der Waals surface area (Å²) in [6.07, 6.45) is -4.71. The van der Waals surface area contributed by atoms with E-state index in [2.05, 4.69) is 9.89 Å². The van der Waals surface area contributed by atoms with Gasteiger partial charge in [0.25, 0.3) is 0 Å². The Labute approximate surface area is 109 Å². The maximum Gasteiger partial charge on any atom is 0.573 e. The van der Waals surface area contributed by atoms with Crippen molar-refractivity contribution in [2.24, 2.45) is 11.1 Å². The van der Waals surface area contributed by atoms with Crippen LogP contribution < -0.4 is 9.64 Å². The van der Waals surface area contributed by atoms with Gasteiger partial charge in [-0.15, -0.1) is 13.2 Å². The Morgan fingerprint density at radius 2 is 1.79 bits per heavy atom. The van der Waals surface area contributed by atoms with Crippen LogP contribution >= 0.6 is 0 Å². The molecule has 106 valence electrons. The number of ether oxygens (including phenoxy) is 1. The summed E-state index contributed by atoms with van der Waals surface area (Å²) in [6.45, 7) is 3.68. The van der Waals surface area contributed by atoms with Crippen molar-refractivity contribution in [1.82, 2.24) is 0 Å². The molecule has 0 aromatic heterocycles. The molecule has 0 aliphatic heterocycles. The molecule has 0 saturated carbocycles. The summed E-state index contributed by atoms with van der Waals surface area (Å²) in [5.74, 6) is 0.0854. The molecule has 0 unspecified atom stereocenters. The maximum atomic E-state index is 12.0. The molecule has 0 amide bonds. The Balaban J connectivity index is 2.87. The first-order valence-electron chi connectivity index (χ1n) is 5.56. The van der Waals surface area contributed by atoms with Crippen LogP contribution in [-0.4, -0.2) is 24.5 Å². The van der Waals surface area contributed by atoms with Crippen LogP contribution in [-0.2, 0) is 0 Å². The van der Waals surface area contributed by atoms with Gasteiger partial charge in [-0.05, 0) is 24.3 Å². The minimum absolute atomic E-state index is 0.0268. The van der Waals surface area contributed by atoms with Crippen LogP contribution in [0.4, 0.5) is 18.9 Å². The van der Waals surface area contributed by atoms with Gasteiger partial charge in [0.1, 0.15) is 5.75 Å². The number of amidine groups is 1. The van der Waals surface area contributed by atoms with E-state index in [1.807, 2.05) is 13.8 Å². The Kier molecular flexibility index (Phi) is 4.63. The minimum Gasteiger partial charge on any atom is -0.409 e. The lowest BCUT2D eigenvalue weighted by Gasteiger charge is -2.22. The minimum atomic E-state index is -4.71. The highest BCUT2D eigenvalue weighted by molar-refractivity contribution is 5.98. The van der Waals surface area contributed by atoms with E-state index in [1.54, 1.807) is 11.9 Å². The van der Waals surface area contributed by atoms with Gasteiger partial charge in [-0.3, -0.25) is 0 Å². The molecule has 1 rings (SSSR count). The second-order valence-electron chi connectivity index (χ2n) is 4.21. The summed E-state index contributed by atoms with van der Waals surface area (Å²) in [7, 11) is 1.66. The molecule has 19 heavy (non-hydrogen) atoms. The monoisotopic (exact) mass is 276 g/mol. The van der Waals surface area contributed by atoms with E-state index in [1.165, 1.54) is 24.3 Å². The van der Waals surface area contributed by atoms with Gasteiger partial charge in [0.15, 0.2) is 5.84 Å². The molecular formula is C12H15F3N2O2. The van der Waals surface area contributed by atoms with E-state index in [-0.39, 0.29) is 11.7 Å². The van der Waals surface area contributed by atoms with E-state index in [9.17, 15) is 13.2 Å². The molecule has 1 aromatic carbocycles. The summed E-state index contributed by atoms with van der Waals surface area (Å²) in [6, 6.07) is 5.31. The predicted octanol–water partition coefficient (Wildman–Crippen LogP) is 3.47. The van der Waals surface area contributed by atoms with E-state index in [0.717, 1.165) is 0 Å². The lowest BCUT2D eigenvalue weighted by Crippen LogP contribution is -2.30. The van der Waals surface area contributed by atoms with Crippen molar-refractivity contribution in [2.45, 2.75) is 20.2 Å². The van der Waals surface area contributed by atoms with E-state index in [4.69, 9.17) is 5.21 Å². The van der Waals surface area contributed by atoms with Crippen molar-refractivity contribution >= 4 is 11.5 Å². The Morgan fingerprint density at radius 3 is 2.16 bits per heavy atom. The molecule has 1 N–H and O–H groups in total. The quantitative estimate of drug-likeness (QED) is 0.398. The van der Waals surface area contributed by atoms with Crippen molar-refractivity contribution < 1.29 is 23.1 Å². The summed E-state index contributed by atoms with van der Waals surface area (Å²) < 4.78 is 39.8. The van der Waals surface area contributed by atoms with E-state index in [0.29, 0.717) is 11.5 Å². The molecule has 7 heteroatoms. The number of rotatable bonds is 3. The van der Waals surface area contributed by atoms with Crippen LogP contribution in [0.25, 0.3) is 0 Å². The predicted molar refractivity (Wildman–Crippen MR) is 65.6 cm³/mol. The average Bonchev–Trinajstić information content (AvgIpc) is 2.28. The number of benzene rings is 1. The zero-order valence-electron chi connectivity index (χ0n) is 10.8. The molecule has 0 fully saturated rings. The Morgan fingerprint density at radius 1 is 1.26 bits per heavy atom. The molecule has 0 aliphatic rings. The number of hydrogen-bond acceptors (Lipinski definition) is 3. The summed E-state index contributed by atoms with van der Waals surface area (Å²) >= 11 is 0. The highest BCUT2D eigenvalue weighted by Gasteiger charge is 2.31. The third-order valence-electron chi connectivity index (χ3n) is 2.42. The number of alkyl halides is 3. The van der Waals surface area contributed by atoms with Crippen LogP contribution in [0.15, 0.2) is 29.4 Å². The van der Waals surface area contributed by atoms with E-state index < -0.39 is 6.36 Å². The second-order valence-corrected chi connectivity index (χ2v) is 4.21. The lowest BCUT2D eigenvalue weighted by molar-refractivity contribution is -0.274. The Bertz CT molecular complexity index is 441. The first-order chi connectivity index (χ1) is 8.74. The number of nitrogens with zero attached hydrogens (tertiary/aromatic N) is 2. The molecule has 0 bridgehead atoms. The Hall–Kier alpha value is -1.92. The van der Waals surface area contributed by atoms with Crippen molar-refractivity contribution in [1.29, 1.82) is 0 Å². The topological polar surface area (TPSA) is 45.1 Å². The lowest BCUT2D eigenvalue weighted by atomic mass is 10.1. The van der Waals surface area contributed by atoms with Crippen LogP contribution in [0.3, 0.4) is 0 Å². The van der Waals surface area contributed by atoms with Gasteiger partial charge in [0.05, 0.1) is 0 Å². The third kappa shape index (κ3) is 4.35. The second kappa shape index (κ2) is 5.81. The largest absolute Gasteiger partial charge is 0.573 e. The first kappa shape index (κ1) is 15.1. The van der Waals surface area contributed by atoms with Gasteiger partial charge in [0.2, 0.25) is 0 Å². The smallest absolute Gasteiger partial charge is 0.409 e. The molecule has 0 spiro atoms. The van der Waals surface area contributed by atoms with Gasteiger partial charge < -0.3 is 14.8 Å². The fraction of sp³-hybridized carbons (Fsp3) is 0.417. The van der Waals surface area contributed by atoms with Crippen molar-refractivity contribution in [3.8, 4) is 5.75 Å². The summed E-state index contributed by atoms with van der Waals surface area (Å²) in [5.41, 5.74) is 0.594. The van der Waals surface area contributed by atoms with Crippen molar-refractivity contribution in [3.63, 3.8) is 0 Å². The standard InChI is InChI=1S/C12H15F3N2O2/c1-8(2)11(16-18)17(3)9-4-6-10(7-5-9)19-12(13,14)15/h4-8,18H,1-3H3/b16-11+. The van der Waals surface area contributed by atoms with Gasteiger partial charge in [-0.2, -0.15) is 0 Å². The fourth-order valence-electron chi connectivity index (χ4n) is 1.57. The molecule has 1 aromatic rings. The molecule has 0 heterocycles. The highest BCUT2D eigenvalue weighted by atomic mass is 19.4. The van der Waals surface area contributed by atoms with E-state index >= 15 is 0 Å². The number of anilines is 1. The van der Waals surface area contributed by atoms with Crippen molar-refractivity contribution in [3.05, 3.63) is 24.3 Å². The normalized spacial score (nSPS) is 12.7. The maximum absolute atomic E-state index is 12.0.